The lowest BCUT2D eigenvalue weighted by molar-refractivity contribution is -0.136. The minimum Gasteiger partial charge on any atom is -0.445 e. The van der Waals surface area contributed by atoms with E-state index in [1.54, 1.807) is 9.80 Å². The van der Waals surface area contributed by atoms with Gasteiger partial charge in [-0.2, -0.15) is 0 Å². The van der Waals surface area contributed by atoms with E-state index in [-0.39, 0.29) is 24.5 Å². The highest BCUT2D eigenvalue weighted by molar-refractivity contribution is 5.93. The third-order valence-electron chi connectivity index (χ3n) is 8.20. The van der Waals surface area contributed by atoms with Gasteiger partial charge in [0.2, 0.25) is 11.8 Å². The molecule has 1 aliphatic carbocycles. The Hall–Kier alpha value is -3.91. The molecule has 0 spiro atoms. The average molecular weight is 604 g/mol. The van der Waals surface area contributed by atoms with Gasteiger partial charge >= 0.3 is 6.09 Å². The monoisotopic (exact) mass is 603 g/mol. The van der Waals surface area contributed by atoms with Gasteiger partial charge in [-0.3, -0.25) is 9.59 Å². The first-order valence-electron chi connectivity index (χ1n) is 15.6. The quantitative estimate of drug-likeness (QED) is 0.258. The van der Waals surface area contributed by atoms with Crippen molar-refractivity contribution >= 4 is 17.9 Å². The van der Waals surface area contributed by atoms with Crippen LogP contribution in [0.2, 0.25) is 0 Å². The standard InChI is InChI=1S/C36H49N3O5/c1-27(17-18-31-29(3)14-10-19-36(31,4)5)12-9-13-28(2)24-33(41)37-32(25-40)34(42)38-20-11-21-39(23-22-38)35(43)44-26-30-15-7-6-8-16-30/h6-9,12-13,15-18,24,32,40H,10-11,14,19-23,25-26H2,1-5H3,(H,37,41). The Morgan fingerprint density at radius 1 is 1.00 bits per heavy atom. The number of rotatable bonds is 10. The van der Waals surface area contributed by atoms with Gasteiger partial charge in [-0.05, 0) is 68.6 Å². The van der Waals surface area contributed by atoms with Crippen molar-refractivity contribution in [3.8, 4) is 0 Å². The van der Waals surface area contributed by atoms with E-state index in [0.29, 0.717) is 31.6 Å². The fourth-order valence-electron chi connectivity index (χ4n) is 5.64. The molecule has 1 aromatic rings. The molecule has 0 aromatic heterocycles. The van der Waals surface area contributed by atoms with Gasteiger partial charge in [0.1, 0.15) is 12.6 Å². The lowest BCUT2D eigenvalue weighted by atomic mass is 9.72. The van der Waals surface area contributed by atoms with Crippen LogP contribution in [0.15, 0.2) is 89.1 Å². The molecule has 0 saturated carbocycles. The van der Waals surface area contributed by atoms with E-state index in [1.165, 1.54) is 30.1 Å². The minimum atomic E-state index is -1.07. The molecule has 2 aliphatic rings. The largest absolute Gasteiger partial charge is 0.445 e. The fourth-order valence-corrected chi connectivity index (χ4v) is 5.64. The molecule has 2 N–H and O–H groups in total. The molecule has 3 rings (SSSR count). The summed E-state index contributed by atoms with van der Waals surface area (Å²) in [6.07, 6.45) is 15.2. The summed E-state index contributed by atoms with van der Waals surface area (Å²) in [6, 6.07) is 8.39. The Bertz CT molecular complexity index is 1310. The number of carbonyl (C=O) groups excluding carboxylic acids is 3. The van der Waals surface area contributed by atoms with E-state index < -0.39 is 24.6 Å². The molecule has 1 saturated heterocycles. The number of benzene rings is 1. The first-order valence-corrected chi connectivity index (χ1v) is 15.6. The summed E-state index contributed by atoms with van der Waals surface area (Å²) in [5.74, 6) is -0.832. The molecule has 1 aromatic carbocycles. The highest BCUT2D eigenvalue weighted by Crippen LogP contribution is 2.40. The Morgan fingerprint density at radius 3 is 2.41 bits per heavy atom. The molecule has 44 heavy (non-hydrogen) atoms. The number of aliphatic hydroxyl groups is 1. The molecule has 1 atom stereocenters. The molecule has 238 valence electrons. The van der Waals surface area contributed by atoms with Crippen molar-refractivity contribution in [1.29, 1.82) is 0 Å². The van der Waals surface area contributed by atoms with Crippen LogP contribution in [-0.2, 0) is 20.9 Å². The molecule has 8 nitrogen and oxygen atoms in total. The Labute approximate surface area is 262 Å². The third-order valence-corrected chi connectivity index (χ3v) is 8.20. The van der Waals surface area contributed by atoms with Gasteiger partial charge < -0.3 is 25.0 Å². The van der Waals surface area contributed by atoms with Gasteiger partial charge in [-0.1, -0.05) is 85.7 Å². The normalized spacial score (nSPS) is 18.9. The lowest BCUT2D eigenvalue weighted by Gasteiger charge is -2.32. The van der Waals surface area contributed by atoms with E-state index in [4.69, 9.17) is 4.74 Å². The van der Waals surface area contributed by atoms with Crippen LogP contribution in [0, 0.1) is 5.41 Å². The fraction of sp³-hybridized carbons (Fsp3) is 0.472. The maximum atomic E-state index is 13.1. The Balaban J connectivity index is 1.49. The number of carbonyl (C=O) groups is 3. The van der Waals surface area contributed by atoms with Crippen LogP contribution < -0.4 is 5.32 Å². The molecular weight excluding hydrogens is 554 g/mol. The molecule has 1 aliphatic heterocycles. The number of amides is 3. The van der Waals surface area contributed by atoms with Crippen LogP contribution in [0.1, 0.15) is 65.9 Å². The van der Waals surface area contributed by atoms with E-state index >= 15 is 0 Å². The minimum absolute atomic E-state index is 0.184. The van der Waals surface area contributed by atoms with Gasteiger partial charge in [0.25, 0.3) is 0 Å². The van der Waals surface area contributed by atoms with E-state index in [2.05, 4.69) is 38.2 Å². The van der Waals surface area contributed by atoms with E-state index in [9.17, 15) is 19.5 Å². The third kappa shape index (κ3) is 10.7. The maximum absolute atomic E-state index is 13.1. The van der Waals surface area contributed by atoms with Crippen molar-refractivity contribution in [1.82, 2.24) is 15.1 Å². The van der Waals surface area contributed by atoms with Gasteiger partial charge in [0.15, 0.2) is 0 Å². The van der Waals surface area contributed by atoms with Crippen LogP contribution in [0.25, 0.3) is 0 Å². The van der Waals surface area contributed by atoms with Gasteiger partial charge in [0, 0.05) is 32.3 Å². The van der Waals surface area contributed by atoms with Crippen molar-refractivity contribution in [3.63, 3.8) is 0 Å². The first-order chi connectivity index (χ1) is 21.0. The summed E-state index contributed by atoms with van der Waals surface area (Å²) in [5.41, 5.74) is 5.79. The number of nitrogens with zero attached hydrogens (tertiary/aromatic N) is 2. The second-order valence-electron chi connectivity index (χ2n) is 12.4. The summed E-state index contributed by atoms with van der Waals surface area (Å²) in [7, 11) is 0. The van der Waals surface area contributed by atoms with Crippen LogP contribution in [0.3, 0.4) is 0 Å². The predicted molar refractivity (Wildman–Crippen MR) is 175 cm³/mol. The lowest BCUT2D eigenvalue weighted by Crippen LogP contribution is -2.51. The highest BCUT2D eigenvalue weighted by Gasteiger charge is 2.29. The number of aliphatic hydroxyl groups excluding tert-OH is 1. The van der Waals surface area contributed by atoms with Crippen LogP contribution in [0.4, 0.5) is 4.79 Å². The van der Waals surface area contributed by atoms with Crippen molar-refractivity contribution in [3.05, 3.63) is 94.6 Å². The van der Waals surface area contributed by atoms with Crippen molar-refractivity contribution < 1.29 is 24.2 Å². The molecule has 0 bridgehead atoms. The molecule has 1 fully saturated rings. The topological polar surface area (TPSA) is 99.2 Å². The zero-order chi connectivity index (χ0) is 32.1. The number of hydrogen-bond acceptors (Lipinski definition) is 5. The Kier molecular flexibility index (Phi) is 13.2. The van der Waals surface area contributed by atoms with E-state index in [0.717, 1.165) is 17.6 Å². The second kappa shape index (κ2) is 16.8. The average Bonchev–Trinajstić information content (AvgIpc) is 3.25. The number of hydrogen-bond donors (Lipinski definition) is 2. The molecule has 8 heteroatoms. The predicted octanol–water partition coefficient (Wildman–Crippen LogP) is 5.87. The van der Waals surface area contributed by atoms with Crippen LogP contribution in [0.5, 0.6) is 0 Å². The first kappa shape index (κ1) is 34.6. The van der Waals surface area contributed by atoms with Gasteiger partial charge in [0.05, 0.1) is 6.61 Å². The second-order valence-corrected chi connectivity index (χ2v) is 12.4. The number of nitrogens with one attached hydrogen (secondary N) is 1. The molecular formula is C36H49N3O5. The zero-order valence-electron chi connectivity index (χ0n) is 27.0. The molecule has 3 amide bonds. The Morgan fingerprint density at radius 2 is 1.70 bits per heavy atom. The van der Waals surface area contributed by atoms with Gasteiger partial charge in [-0.25, -0.2) is 4.79 Å². The summed E-state index contributed by atoms with van der Waals surface area (Å²) < 4.78 is 5.43. The van der Waals surface area contributed by atoms with Crippen LogP contribution >= 0.6 is 0 Å². The number of allylic oxidation sites excluding steroid dienone is 9. The summed E-state index contributed by atoms with van der Waals surface area (Å²) in [5, 5.41) is 12.5. The molecule has 0 radical (unpaired) electrons. The highest BCUT2D eigenvalue weighted by atomic mass is 16.6. The maximum Gasteiger partial charge on any atom is 0.410 e. The smallest absolute Gasteiger partial charge is 0.410 e. The molecule has 1 heterocycles. The van der Waals surface area contributed by atoms with Crippen molar-refractivity contribution in [2.24, 2.45) is 5.41 Å². The van der Waals surface area contributed by atoms with Crippen molar-refractivity contribution in [2.45, 2.75) is 73.0 Å². The van der Waals surface area contributed by atoms with E-state index in [1.807, 2.05) is 62.4 Å². The van der Waals surface area contributed by atoms with Gasteiger partial charge in [-0.15, -0.1) is 0 Å². The molecule has 1 unspecified atom stereocenters. The number of ether oxygens (including phenoxy) is 1. The van der Waals surface area contributed by atoms with Crippen LogP contribution in [-0.4, -0.2) is 71.6 Å². The summed E-state index contributed by atoms with van der Waals surface area (Å²) >= 11 is 0. The summed E-state index contributed by atoms with van der Waals surface area (Å²) in [4.78, 5) is 41.5. The zero-order valence-corrected chi connectivity index (χ0v) is 27.0. The summed E-state index contributed by atoms with van der Waals surface area (Å²) in [6.45, 7) is 11.8. The SMILES string of the molecule is CC(C=CC1=C(C)CCCC1(C)C)=CC=CC(C)=CC(=O)NC(CO)C(=O)N1CCCN(C(=O)OCc2ccccc2)CC1. The van der Waals surface area contributed by atoms with Crippen molar-refractivity contribution in [2.75, 3.05) is 32.8 Å².